The molecule has 116 valence electrons. The van der Waals surface area contributed by atoms with Crippen LogP contribution >= 0.6 is 11.6 Å². The van der Waals surface area contributed by atoms with Crippen molar-refractivity contribution in [3.05, 3.63) is 90.1 Å². The Labute approximate surface area is 145 Å². The molecule has 0 saturated heterocycles. The molecule has 0 N–H and O–H groups in total. The Morgan fingerprint density at radius 2 is 1.29 bits per heavy atom. The molecule has 0 aliphatic carbocycles. The summed E-state index contributed by atoms with van der Waals surface area (Å²) in [6.07, 6.45) is 1.73. The highest BCUT2D eigenvalue weighted by Crippen LogP contribution is 2.31. The molecule has 2 nitrogen and oxygen atoms in total. The highest BCUT2D eigenvalue weighted by molar-refractivity contribution is 6.33. The normalized spacial score (nSPS) is 10.7. The van der Waals surface area contributed by atoms with E-state index in [-0.39, 0.29) is 0 Å². The van der Waals surface area contributed by atoms with Gasteiger partial charge >= 0.3 is 0 Å². The molecular formula is C21H14ClNO. The van der Waals surface area contributed by atoms with E-state index in [9.17, 15) is 0 Å². The fraction of sp³-hybridized carbons (Fsp3) is 0. The summed E-state index contributed by atoms with van der Waals surface area (Å²) in [6.45, 7) is 0. The van der Waals surface area contributed by atoms with E-state index < -0.39 is 0 Å². The Morgan fingerprint density at radius 1 is 0.667 bits per heavy atom. The first-order chi connectivity index (χ1) is 11.8. The van der Waals surface area contributed by atoms with E-state index in [0.717, 1.165) is 16.9 Å². The molecule has 0 bridgehead atoms. The lowest BCUT2D eigenvalue weighted by atomic mass is 10.0. The lowest BCUT2D eigenvalue weighted by Crippen LogP contribution is -1.78. The van der Waals surface area contributed by atoms with Crippen molar-refractivity contribution in [3.63, 3.8) is 0 Å². The van der Waals surface area contributed by atoms with Gasteiger partial charge in [-0.1, -0.05) is 78.3 Å². The molecule has 24 heavy (non-hydrogen) atoms. The highest BCUT2D eigenvalue weighted by atomic mass is 35.5. The molecule has 0 saturated carbocycles. The van der Waals surface area contributed by atoms with E-state index in [1.54, 1.807) is 6.20 Å². The topological polar surface area (TPSA) is 26.0 Å². The maximum absolute atomic E-state index is 6.20. The number of oxazole rings is 1. The van der Waals surface area contributed by atoms with Crippen LogP contribution in [0.5, 0.6) is 0 Å². The SMILES string of the molecule is Clc1ccccc1-c1ncc(-c2ccc(-c3ccccc3)cc2)o1. The van der Waals surface area contributed by atoms with Gasteiger partial charge in [-0.05, 0) is 23.3 Å². The predicted octanol–water partition coefficient (Wildman–Crippen LogP) is 6.33. The third kappa shape index (κ3) is 2.84. The molecule has 4 aromatic rings. The molecule has 1 aromatic heterocycles. The number of benzene rings is 3. The van der Waals surface area contributed by atoms with Gasteiger partial charge < -0.3 is 4.42 Å². The van der Waals surface area contributed by atoms with Gasteiger partial charge in [0.15, 0.2) is 5.76 Å². The van der Waals surface area contributed by atoms with Crippen LogP contribution in [0.3, 0.4) is 0 Å². The zero-order valence-electron chi connectivity index (χ0n) is 12.8. The number of halogens is 1. The van der Waals surface area contributed by atoms with Gasteiger partial charge in [0.05, 0.1) is 16.8 Å². The average Bonchev–Trinajstić information content (AvgIpc) is 3.13. The maximum Gasteiger partial charge on any atom is 0.228 e. The molecule has 0 spiro atoms. The number of rotatable bonds is 3. The number of nitrogens with zero attached hydrogens (tertiary/aromatic N) is 1. The first-order valence-electron chi connectivity index (χ1n) is 7.68. The van der Waals surface area contributed by atoms with Crippen LogP contribution in [0.1, 0.15) is 0 Å². The summed E-state index contributed by atoms with van der Waals surface area (Å²) in [4.78, 5) is 4.35. The summed E-state index contributed by atoms with van der Waals surface area (Å²) >= 11 is 6.20. The summed E-state index contributed by atoms with van der Waals surface area (Å²) in [6, 6.07) is 26.1. The lowest BCUT2D eigenvalue weighted by Gasteiger charge is -2.03. The van der Waals surface area contributed by atoms with E-state index in [1.165, 1.54) is 11.1 Å². The molecular weight excluding hydrogens is 318 g/mol. The van der Waals surface area contributed by atoms with Gasteiger partial charge in [0.2, 0.25) is 5.89 Å². The Morgan fingerprint density at radius 3 is 2.04 bits per heavy atom. The number of aromatic nitrogens is 1. The Balaban J connectivity index is 1.65. The molecule has 0 unspecified atom stereocenters. The van der Waals surface area contributed by atoms with Gasteiger partial charge in [0, 0.05) is 5.56 Å². The van der Waals surface area contributed by atoms with Crippen molar-refractivity contribution in [1.29, 1.82) is 0 Å². The number of hydrogen-bond acceptors (Lipinski definition) is 2. The summed E-state index contributed by atoms with van der Waals surface area (Å²) in [5.41, 5.74) is 4.15. The maximum atomic E-state index is 6.20. The molecule has 0 amide bonds. The van der Waals surface area contributed by atoms with Crippen LogP contribution in [-0.4, -0.2) is 4.98 Å². The molecule has 4 rings (SSSR count). The third-order valence-electron chi connectivity index (χ3n) is 3.89. The van der Waals surface area contributed by atoms with Crippen LogP contribution in [0.2, 0.25) is 5.02 Å². The Hall–Kier alpha value is -2.84. The van der Waals surface area contributed by atoms with Gasteiger partial charge in [-0.25, -0.2) is 4.98 Å². The minimum absolute atomic E-state index is 0.530. The Kier molecular flexibility index (Phi) is 3.89. The van der Waals surface area contributed by atoms with Crippen molar-refractivity contribution in [2.75, 3.05) is 0 Å². The van der Waals surface area contributed by atoms with Crippen molar-refractivity contribution in [3.8, 4) is 33.9 Å². The van der Waals surface area contributed by atoms with Gasteiger partial charge in [0.25, 0.3) is 0 Å². The van der Waals surface area contributed by atoms with Crippen molar-refractivity contribution < 1.29 is 4.42 Å². The second kappa shape index (κ2) is 6.34. The minimum Gasteiger partial charge on any atom is -0.436 e. The van der Waals surface area contributed by atoms with Gasteiger partial charge in [-0.2, -0.15) is 0 Å². The molecule has 0 fully saturated rings. The highest BCUT2D eigenvalue weighted by Gasteiger charge is 2.11. The van der Waals surface area contributed by atoms with Crippen molar-refractivity contribution in [2.45, 2.75) is 0 Å². The first-order valence-corrected chi connectivity index (χ1v) is 8.06. The van der Waals surface area contributed by atoms with E-state index >= 15 is 0 Å². The van der Waals surface area contributed by atoms with E-state index in [1.807, 2.05) is 54.6 Å². The van der Waals surface area contributed by atoms with E-state index in [4.69, 9.17) is 16.0 Å². The molecule has 3 aromatic carbocycles. The fourth-order valence-electron chi connectivity index (χ4n) is 2.62. The van der Waals surface area contributed by atoms with Crippen molar-refractivity contribution >= 4 is 11.6 Å². The summed E-state index contributed by atoms with van der Waals surface area (Å²) in [5, 5.41) is 0.630. The first kappa shape index (κ1) is 14.7. The largest absolute Gasteiger partial charge is 0.436 e. The fourth-order valence-corrected chi connectivity index (χ4v) is 2.84. The quantitative estimate of drug-likeness (QED) is 0.438. The molecule has 3 heteroatoms. The summed E-state index contributed by atoms with van der Waals surface area (Å²) in [5.74, 6) is 1.26. The van der Waals surface area contributed by atoms with Crippen LogP contribution in [0.4, 0.5) is 0 Å². The average molecular weight is 332 g/mol. The molecule has 0 atom stereocenters. The Bertz CT molecular complexity index is 959. The lowest BCUT2D eigenvalue weighted by molar-refractivity contribution is 0.589. The van der Waals surface area contributed by atoms with E-state index in [2.05, 4.69) is 29.2 Å². The van der Waals surface area contributed by atoms with Crippen LogP contribution in [-0.2, 0) is 0 Å². The molecule has 0 radical (unpaired) electrons. The zero-order chi connectivity index (χ0) is 16.4. The zero-order valence-corrected chi connectivity index (χ0v) is 13.6. The molecule has 0 aliphatic heterocycles. The standard InChI is InChI=1S/C21H14ClNO/c22-19-9-5-4-8-18(19)21-23-14-20(24-21)17-12-10-16(11-13-17)15-6-2-1-3-7-15/h1-14H. The second-order valence-corrected chi connectivity index (χ2v) is 5.86. The summed E-state index contributed by atoms with van der Waals surface area (Å²) < 4.78 is 5.89. The third-order valence-corrected chi connectivity index (χ3v) is 4.22. The van der Waals surface area contributed by atoms with Crippen LogP contribution < -0.4 is 0 Å². The molecule has 1 heterocycles. The van der Waals surface area contributed by atoms with Gasteiger partial charge in [0.1, 0.15) is 0 Å². The van der Waals surface area contributed by atoms with Gasteiger partial charge in [-0.15, -0.1) is 0 Å². The molecule has 0 aliphatic rings. The monoisotopic (exact) mass is 331 g/mol. The van der Waals surface area contributed by atoms with Crippen LogP contribution in [0, 0.1) is 0 Å². The predicted molar refractivity (Wildman–Crippen MR) is 97.8 cm³/mol. The van der Waals surface area contributed by atoms with Crippen molar-refractivity contribution in [2.24, 2.45) is 0 Å². The minimum atomic E-state index is 0.530. The summed E-state index contributed by atoms with van der Waals surface area (Å²) in [7, 11) is 0. The number of hydrogen-bond donors (Lipinski definition) is 0. The van der Waals surface area contributed by atoms with E-state index in [0.29, 0.717) is 10.9 Å². The van der Waals surface area contributed by atoms with Crippen LogP contribution in [0.25, 0.3) is 33.9 Å². The van der Waals surface area contributed by atoms with Crippen molar-refractivity contribution in [1.82, 2.24) is 4.98 Å². The van der Waals surface area contributed by atoms with Gasteiger partial charge in [-0.3, -0.25) is 0 Å². The van der Waals surface area contributed by atoms with Crippen LogP contribution in [0.15, 0.2) is 89.5 Å². The smallest absolute Gasteiger partial charge is 0.228 e. The second-order valence-electron chi connectivity index (χ2n) is 5.45.